The van der Waals surface area contributed by atoms with Gasteiger partial charge in [0.2, 0.25) is 0 Å². The summed E-state index contributed by atoms with van der Waals surface area (Å²) < 4.78 is 0. The lowest BCUT2D eigenvalue weighted by molar-refractivity contribution is -0.132. The Morgan fingerprint density at radius 3 is 2.33 bits per heavy atom. The van der Waals surface area contributed by atoms with Gasteiger partial charge in [0.1, 0.15) is 0 Å². The molecule has 0 spiro atoms. The van der Waals surface area contributed by atoms with Gasteiger partial charge in [-0.25, -0.2) is 4.79 Å². The van der Waals surface area contributed by atoms with Crippen LogP contribution in [0.25, 0.3) is 0 Å². The molecule has 0 aliphatic rings. The molecule has 0 aromatic carbocycles. The Balaban J connectivity index is 4.17. The molecule has 0 rings (SSSR count). The van der Waals surface area contributed by atoms with Crippen molar-refractivity contribution >= 4 is 5.97 Å². The SMILES string of the molecule is CCC/C(C)=C/C=C(\C)C(=O)O. The topological polar surface area (TPSA) is 37.3 Å². The van der Waals surface area contributed by atoms with Crippen molar-refractivity contribution in [2.24, 2.45) is 0 Å². The zero-order valence-corrected chi connectivity index (χ0v) is 7.92. The van der Waals surface area contributed by atoms with E-state index < -0.39 is 5.97 Å². The van der Waals surface area contributed by atoms with E-state index >= 15 is 0 Å². The number of carbonyl (C=O) groups is 1. The molecule has 2 nitrogen and oxygen atoms in total. The third kappa shape index (κ3) is 4.72. The summed E-state index contributed by atoms with van der Waals surface area (Å²) in [6.45, 7) is 5.71. The van der Waals surface area contributed by atoms with Crippen molar-refractivity contribution in [3.05, 3.63) is 23.3 Å². The van der Waals surface area contributed by atoms with Crippen LogP contribution in [-0.4, -0.2) is 11.1 Å². The van der Waals surface area contributed by atoms with Crippen molar-refractivity contribution < 1.29 is 9.90 Å². The van der Waals surface area contributed by atoms with Gasteiger partial charge < -0.3 is 5.11 Å². The summed E-state index contributed by atoms with van der Waals surface area (Å²) >= 11 is 0. The molecule has 0 aromatic heterocycles. The average molecular weight is 168 g/mol. The molecule has 0 saturated heterocycles. The Morgan fingerprint density at radius 2 is 1.92 bits per heavy atom. The fourth-order valence-corrected chi connectivity index (χ4v) is 0.816. The Morgan fingerprint density at radius 1 is 1.33 bits per heavy atom. The molecule has 0 fully saturated rings. The zero-order valence-electron chi connectivity index (χ0n) is 7.92. The van der Waals surface area contributed by atoms with Gasteiger partial charge >= 0.3 is 5.97 Å². The van der Waals surface area contributed by atoms with Gasteiger partial charge in [0, 0.05) is 5.57 Å². The van der Waals surface area contributed by atoms with E-state index in [9.17, 15) is 4.79 Å². The van der Waals surface area contributed by atoms with E-state index in [1.165, 1.54) is 5.57 Å². The summed E-state index contributed by atoms with van der Waals surface area (Å²) in [6, 6.07) is 0. The maximum absolute atomic E-state index is 10.4. The van der Waals surface area contributed by atoms with E-state index in [0.29, 0.717) is 5.57 Å². The summed E-state index contributed by atoms with van der Waals surface area (Å²) in [5.74, 6) is -0.851. The molecule has 1 N–H and O–H groups in total. The van der Waals surface area contributed by atoms with Crippen LogP contribution in [0.1, 0.15) is 33.6 Å². The quantitative estimate of drug-likeness (QED) is 0.517. The molecule has 12 heavy (non-hydrogen) atoms. The summed E-state index contributed by atoms with van der Waals surface area (Å²) in [7, 11) is 0. The van der Waals surface area contributed by atoms with Crippen LogP contribution < -0.4 is 0 Å². The van der Waals surface area contributed by atoms with Gasteiger partial charge in [0.25, 0.3) is 0 Å². The van der Waals surface area contributed by atoms with Crippen molar-refractivity contribution in [3.8, 4) is 0 Å². The minimum Gasteiger partial charge on any atom is -0.478 e. The first kappa shape index (κ1) is 11.0. The van der Waals surface area contributed by atoms with E-state index in [2.05, 4.69) is 6.92 Å². The van der Waals surface area contributed by atoms with Crippen LogP contribution in [0.4, 0.5) is 0 Å². The third-order valence-electron chi connectivity index (χ3n) is 1.60. The lowest BCUT2D eigenvalue weighted by Crippen LogP contribution is -1.94. The van der Waals surface area contributed by atoms with Crippen LogP contribution in [0.3, 0.4) is 0 Å². The number of aliphatic carboxylic acids is 1. The number of carboxylic acid groups (broad SMARTS) is 1. The summed E-state index contributed by atoms with van der Waals surface area (Å²) in [6.07, 6.45) is 5.64. The van der Waals surface area contributed by atoms with Crippen LogP contribution in [-0.2, 0) is 4.79 Å². The second kappa shape index (κ2) is 5.58. The summed E-state index contributed by atoms with van der Waals surface area (Å²) in [5, 5.41) is 8.53. The first-order valence-corrected chi connectivity index (χ1v) is 4.15. The Bertz CT molecular complexity index is 212. The van der Waals surface area contributed by atoms with Crippen molar-refractivity contribution in [3.63, 3.8) is 0 Å². The molecule has 68 valence electrons. The minimum absolute atomic E-state index is 0.380. The third-order valence-corrected chi connectivity index (χ3v) is 1.60. The first-order chi connectivity index (χ1) is 5.57. The Hall–Kier alpha value is -1.05. The van der Waals surface area contributed by atoms with E-state index in [1.54, 1.807) is 13.0 Å². The summed E-state index contributed by atoms with van der Waals surface area (Å²) in [5.41, 5.74) is 1.60. The standard InChI is InChI=1S/C10H16O2/c1-4-5-8(2)6-7-9(3)10(11)12/h6-7H,4-5H2,1-3H3,(H,11,12)/b8-6+,9-7+. The Labute approximate surface area is 73.6 Å². The highest BCUT2D eigenvalue weighted by molar-refractivity contribution is 5.86. The number of allylic oxidation sites excluding steroid dienone is 3. The number of hydrogen-bond acceptors (Lipinski definition) is 1. The van der Waals surface area contributed by atoms with Gasteiger partial charge in [-0.2, -0.15) is 0 Å². The highest BCUT2D eigenvalue weighted by Crippen LogP contribution is 2.04. The van der Waals surface area contributed by atoms with Crippen molar-refractivity contribution in [1.82, 2.24) is 0 Å². The van der Waals surface area contributed by atoms with Gasteiger partial charge in [-0.3, -0.25) is 0 Å². The fraction of sp³-hybridized carbons (Fsp3) is 0.500. The molecule has 0 saturated carbocycles. The lowest BCUT2D eigenvalue weighted by atomic mass is 10.1. The van der Waals surface area contributed by atoms with Crippen molar-refractivity contribution in [1.29, 1.82) is 0 Å². The molecule has 0 atom stereocenters. The highest BCUT2D eigenvalue weighted by atomic mass is 16.4. The van der Waals surface area contributed by atoms with Gasteiger partial charge in [0.05, 0.1) is 0 Å². The summed E-state index contributed by atoms with van der Waals surface area (Å²) in [4.78, 5) is 10.4. The molecular weight excluding hydrogens is 152 g/mol. The molecule has 0 bridgehead atoms. The van der Waals surface area contributed by atoms with Crippen LogP contribution in [0.5, 0.6) is 0 Å². The van der Waals surface area contributed by atoms with Crippen LogP contribution >= 0.6 is 0 Å². The molecule has 2 heteroatoms. The van der Waals surface area contributed by atoms with E-state index in [0.717, 1.165) is 12.8 Å². The molecule has 0 aliphatic heterocycles. The average Bonchev–Trinajstić information content (AvgIpc) is 2.00. The van der Waals surface area contributed by atoms with Crippen molar-refractivity contribution in [2.45, 2.75) is 33.6 Å². The normalized spacial score (nSPS) is 13.2. The lowest BCUT2D eigenvalue weighted by Gasteiger charge is -1.94. The number of carboxylic acids is 1. The van der Waals surface area contributed by atoms with Crippen LogP contribution in [0.15, 0.2) is 23.3 Å². The molecule has 0 aliphatic carbocycles. The maximum atomic E-state index is 10.4. The smallest absolute Gasteiger partial charge is 0.331 e. The molecule has 0 amide bonds. The number of hydrogen-bond donors (Lipinski definition) is 1. The predicted octanol–water partition coefficient (Wildman–Crippen LogP) is 2.76. The van der Waals surface area contributed by atoms with E-state index in [-0.39, 0.29) is 0 Å². The van der Waals surface area contributed by atoms with Gasteiger partial charge in [-0.1, -0.05) is 31.1 Å². The molecule has 0 unspecified atom stereocenters. The van der Waals surface area contributed by atoms with Crippen LogP contribution in [0.2, 0.25) is 0 Å². The zero-order chi connectivity index (χ0) is 9.56. The van der Waals surface area contributed by atoms with Gasteiger partial charge in [-0.15, -0.1) is 0 Å². The number of rotatable bonds is 4. The molecule has 0 radical (unpaired) electrons. The molecular formula is C10H16O2. The second-order valence-corrected chi connectivity index (χ2v) is 2.92. The predicted molar refractivity (Wildman–Crippen MR) is 50.1 cm³/mol. The fourth-order valence-electron chi connectivity index (χ4n) is 0.816. The minimum atomic E-state index is -0.851. The van der Waals surface area contributed by atoms with Crippen molar-refractivity contribution in [2.75, 3.05) is 0 Å². The van der Waals surface area contributed by atoms with Crippen LogP contribution in [0, 0.1) is 0 Å². The largest absolute Gasteiger partial charge is 0.478 e. The van der Waals surface area contributed by atoms with Gasteiger partial charge in [0.15, 0.2) is 0 Å². The monoisotopic (exact) mass is 168 g/mol. The Kier molecular flexibility index (Phi) is 5.09. The molecule has 0 aromatic rings. The van der Waals surface area contributed by atoms with E-state index in [4.69, 9.17) is 5.11 Å². The highest BCUT2D eigenvalue weighted by Gasteiger charge is 1.96. The van der Waals surface area contributed by atoms with Gasteiger partial charge in [-0.05, 0) is 20.3 Å². The van der Waals surface area contributed by atoms with E-state index in [1.807, 2.05) is 13.0 Å². The second-order valence-electron chi connectivity index (χ2n) is 2.92. The first-order valence-electron chi connectivity index (χ1n) is 4.15. The molecule has 0 heterocycles. The maximum Gasteiger partial charge on any atom is 0.331 e.